The Morgan fingerprint density at radius 1 is 0.939 bits per heavy atom. The second kappa shape index (κ2) is 9.00. The van der Waals surface area contributed by atoms with Crippen molar-refractivity contribution >= 4 is 11.3 Å². The van der Waals surface area contributed by atoms with Crippen molar-refractivity contribution in [3.8, 4) is 16.9 Å². The predicted octanol–water partition coefficient (Wildman–Crippen LogP) is 4.23. The van der Waals surface area contributed by atoms with Gasteiger partial charge in [-0.05, 0) is 65.2 Å². The number of nitrogens with zero attached hydrogens (tertiary/aromatic N) is 4. The van der Waals surface area contributed by atoms with Crippen molar-refractivity contribution < 1.29 is 4.74 Å². The summed E-state index contributed by atoms with van der Waals surface area (Å²) in [5.41, 5.74) is 5.70. The lowest BCUT2D eigenvalue weighted by Crippen LogP contribution is -2.21. The molecule has 7 heteroatoms. The van der Waals surface area contributed by atoms with Gasteiger partial charge in [0, 0.05) is 36.4 Å². The van der Waals surface area contributed by atoms with Gasteiger partial charge >= 0.3 is 5.69 Å². The standard InChI is InChI=1S/C26H23N5O2/c1-33-24-9-8-21(20-10-12-27-13-11-20)16-22(24)17-28-23-6-4-5-19(15-23)18-31-26(32)30-14-3-2-7-25(30)29-31/h2-16,28H,17-18H2,1H3. The zero-order valence-electron chi connectivity index (χ0n) is 18.2. The number of pyridine rings is 2. The Hall–Kier alpha value is -4.39. The zero-order valence-corrected chi connectivity index (χ0v) is 18.2. The second-order valence-electron chi connectivity index (χ2n) is 7.69. The number of hydrogen-bond acceptors (Lipinski definition) is 5. The highest BCUT2D eigenvalue weighted by Gasteiger charge is 2.09. The Morgan fingerprint density at radius 3 is 2.64 bits per heavy atom. The third-order valence-corrected chi connectivity index (χ3v) is 5.52. The van der Waals surface area contributed by atoms with E-state index in [1.807, 2.05) is 66.7 Å². The summed E-state index contributed by atoms with van der Waals surface area (Å²) in [6, 6.07) is 23.7. The number of aromatic nitrogens is 4. The van der Waals surface area contributed by atoms with E-state index in [-0.39, 0.29) is 5.69 Å². The molecule has 5 rings (SSSR count). The molecule has 0 spiro atoms. The van der Waals surface area contributed by atoms with E-state index in [0.717, 1.165) is 33.7 Å². The molecule has 0 amide bonds. The van der Waals surface area contributed by atoms with E-state index in [2.05, 4.69) is 21.5 Å². The first-order valence-electron chi connectivity index (χ1n) is 10.7. The minimum Gasteiger partial charge on any atom is -0.496 e. The molecule has 5 aromatic rings. The smallest absolute Gasteiger partial charge is 0.350 e. The van der Waals surface area contributed by atoms with Gasteiger partial charge in [-0.3, -0.25) is 9.38 Å². The number of ether oxygens (including phenoxy) is 1. The fraction of sp³-hybridized carbons (Fsp3) is 0.115. The lowest BCUT2D eigenvalue weighted by atomic mass is 10.0. The topological polar surface area (TPSA) is 73.4 Å². The average molecular weight is 438 g/mol. The molecule has 0 fully saturated rings. The number of fused-ring (bicyclic) bond motifs is 1. The van der Waals surface area contributed by atoms with Gasteiger partial charge in [0.05, 0.1) is 13.7 Å². The molecule has 0 aliphatic heterocycles. The van der Waals surface area contributed by atoms with E-state index in [0.29, 0.717) is 18.7 Å². The van der Waals surface area contributed by atoms with E-state index >= 15 is 0 Å². The zero-order chi connectivity index (χ0) is 22.6. The summed E-state index contributed by atoms with van der Waals surface area (Å²) in [4.78, 5) is 16.7. The predicted molar refractivity (Wildman–Crippen MR) is 129 cm³/mol. The number of methoxy groups -OCH3 is 1. The van der Waals surface area contributed by atoms with Crippen molar-refractivity contribution in [3.63, 3.8) is 0 Å². The molecule has 33 heavy (non-hydrogen) atoms. The largest absolute Gasteiger partial charge is 0.496 e. The third-order valence-electron chi connectivity index (χ3n) is 5.52. The Kier molecular flexibility index (Phi) is 5.59. The number of benzene rings is 2. The van der Waals surface area contributed by atoms with Gasteiger partial charge in [-0.2, -0.15) is 0 Å². The first kappa shape index (κ1) is 20.5. The van der Waals surface area contributed by atoms with Gasteiger partial charge in [0.15, 0.2) is 5.65 Å². The molecule has 0 bridgehead atoms. The third kappa shape index (κ3) is 4.34. The van der Waals surface area contributed by atoms with E-state index in [1.165, 1.54) is 4.68 Å². The second-order valence-corrected chi connectivity index (χ2v) is 7.69. The van der Waals surface area contributed by atoms with Crippen molar-refractivity contribution in [3.05, 3.63) is 113 Å². The van der Waals surface area contributed by atoms with Crippen LogP contribution in [0.2, 0.25) is 0 Å². The monoisotopic (exact) mass is 437 g/mol. The van der Waals surface area contributed by atoms with Crippen LogP contribution in [-0.4, -0.2) is 26.3 Å². The molecule has 0 saturated carbocycles. The molecule has 2 aromatic carbocycles. The molecular weight excluding hydrogens is 414 g/mol. The summed E-state index contributed by atoms with van der Waals surface area (Å²) in [5, 5.41) is 7.89. The summed E-state index contributed by atoms with van der Waals surface area (Å²) in [7, 11) is 1.68. The first-order chi connectivity index (χ1) is 16.2. The quantitative estimate of drug-likeness (QED) is 0.413. The van der Waals surface area contributed by atoms with Gasteiger partial charge in [0.25, 0.3) is 0 Å². The van der Waals surface area contributed by atoms with Gasteiger partial charge < -0.3 is 10.1 Å². The molecular formula is C26H23N5O2. The summed E-state index contributed by atoms with van der Waals surface area (Å²) in [5.74, 6) is 0.827. The van der Waals surface area contributed by atoms with Crippen LogP contribution in [0.15, 0.2) is 96.2 Å². The minimum absolute atomic E-state index is 0.151. The van der Waals surface area contributed by atoms with Gasteiger partial charge in [-0.15, -0.1) is 5.10 Å². The molecule has 0 aliphatic carbocycles. The maximum Gasteiger partial charge on any atom is 0.350 e. The summed E-state index contributed by atoms with van der Waals surface area (Å²) in [6.45, 7) is 0.997. The molecule has 1 N–H and O–H groups in total. The fourth-order valence-corrected chi connectivity index (χ4v) is 3.86. The van der Waals surface area contributed by atoms with E-state index in [1.54, 1.807) is 30.1 Å². The molecule has 7 nitrogen and oxygen atoms in total. The van der Waals surface area contributed by atoms with Crippen LogP contribution >= 0.6 is 0 Å². The maximum absolute atomic E-state index is 12.6. The lowest BCUT2D eigenvalue weighted by Gasteiger charge is -2.13. The van der Waals surface area contributed by atoms with Crippen LogP contribution in [-0.2, 0) is 13.1 Å². The van der Waals surface area contributed by atoms with Crippen molar-refractivity contribution in [1.82, 2.24) is 19.2 Å². The fourth-order valence-electron chi connectivity index (χ4n) is 3.86. The molecule has 0 unspecified atom stereocenters. The highest BCUT2D eigenvalue weighted by Crippen LogP contribution is 2.27. The van der Waals surface area contributed by atoms with Crippen molar-refractivity contribution in [2.45, 2.75) is 13.1 Å². The summed E-state index contributed by atoms with van der Waals surface area (Å²) < 4.78 is 8.60. The van der Waals surface area contributed by atoms with Crippen LogP contribution in [0.4, 0.5) is 5.69 Å². The molecule has 0 saturated heterocycles. The van der Waals surface area contributed by atoms with E-state index in [9.17, 15) is 4.79 Å². The van der Waals surface area contributed by atoms with Gasteiger partial charge in [-0.1, -0.05) is 24.3 Å². The van der Waals surface area contributed by atoms with Crippen LogP contribution in [0.25, 0.3) is 16.8 Å². The van der Waals surface area contributed by atoms with Crippen LogP contribution in [0.3, 0.4) is 0 Å². The van der Waals surface area contributed by atoms with Crippen LogP contribution < -0.4 is 15.7 Å². The van der Waals surface area contributed by atoms with E-state index in [4.69, 9.17) is 4.74 Å². The Labute approximate surface area is 190 Å². The molecule has 0 aliphatic rings. The highest BCUT2D eigenvalue weighted by atomic mass is 16.5. The van der Waals surface area contributed by atoms with Gasteiger partial charge in [0.1, 0.15) is 5.75 Å². The molecule has 0 atom stereocenters. The average Bonchev–Trinajstić information content (AvgIpc) is 3.18. The first-order valence-corrected chi connectivity index (χ1v) is 10.7. The Bertz CT molecular complexity index is 1460. The summed E-state index contributed by atoms with van der Waals surface area (Å²) in [6.07, 6.45) is 5.31. The SMILES string of the molecule is COc1ccc(-c2ccncc2)cc1CNc1cccc(Cn2nc3ccccn3c2=O)c1. The normalized spacial score (nSPS) is 10.9. The van der Waals surface area contributed by atoms with Crippen LogP contribution in [0.5, 0.6) is 5.75 Å². The van der Waals surface area contributed by atoms with Crippen LogP contribution in [0.1, 0.15) is 11.1 Å². The minimum atomic E-state index is -0.151. The Morgan fingerprint density at radius 2 is 1.82 bits per heavy atom. The molecule has 3 heterocycles. The van der Waals surface area contributed by atoms with Gasteiger partial charge in [-0.25, -0.2) is 9.48 Å². The van der Waals surface area contributed by atoms with Crippen molar-refractivity contribution in [2.24, 2.45) is 0 Å². The lowest BCUT2D eigenvalue weighted by molar-refractivity contribution is 0.410. The highest BCUT2D eigenvalue weighted by molar-refractivity contribution is 5.65. The molecule has 164 valence electrons. The number of hydrogen-bond donors (Lipinski definition) is 1. The van der Waals surface area contributed by atoms with Crippen molar-refractivity contribution in [1.29, 1.82) is 0 Å². The Balaban J connectivity index is 1.35. The van der Waals surface area contributed by atoms with Crippen LogP contribution in [0, 0.1) is 0 Å². The number of rotatable bonds is 7. The van der Waals surface area contributed by atoms with E-state index < -0.39 is 0 Å². The summed E-state index contributed by atoms with van der Waals surface area (Å²) >= 11 is 0. The van der Waals surface area contributed by atoms with Crippen molar-refractivity contribution in [2.75, 3.05) is 12.4 Å². The number of nitrogens with one attached hydrogen (secondary N) is 1. The number of anilines is 1. The maximum atomic E-state index is 12.6. The molecule has 0 radical (unpaired) electrons. The molecule has 3 aromatic heterocycles. The van der Waals surface area contributed by atoms with Gasteiger partial charge in [0.2, 0.25) is 0 Å².